The number of amides is 1. The molecule has 0 fully saturated rings. The molecule has 6 heteroatoms. The second kappa shape index (κ2) is 6.86. The van der Waals surface area contributed by atoms with E-state index in [1.807, 2.05) is 13.8 Å². The van der Waals surface area contributed by atoms with Crippen LogP contribution >= 0.6 is 11.8 Å². The van der Waals surface area contributed by atoms with Gasteiger partial charge in [-0.05, 0) is 32.0 Å². The van der Waals surface area contributed by atoms with E-state index >= 15 is 0 Å². The van der Waals surface area contributed by atoms with Gasteiger partial charge in [-0.15, -0.1) is 0 Å². The molecule has 0 heterocycles. The Balaban J connectivity index is 3.49. The average molecular weight is 225 g/mol. The molecule has 1 amide bonds. The molecule has 0 aromatic carbocycles. The van der Waals surface area contributed by atoms with Gasteiger partial charge in [-0.1, -0.05) is 0 Å². The van der Waals surface area contributed by atoms with Gasteiger partial charge >= 0.3 is 6.09 Å². The van der Waals surface area contributed by atoms with Crippen LogP contribution in [0, 0.1) is 0 Å². The van der Waals surface area contributed by atoms with Crippen molar-refractivity contribution in [3.05, 3.63) is 0 Å². The second-order valence-electron chi connectivity index (χ2n) is 3.51. The fraction of sp³-hybridized carbons (Fsp3) is 0.875. The first-order valence-corrected chi connectivity index (χ1v) is 4.79. The fourth-order valence-electron chi connectivity index (χ4n) is 0.714. The molecule has 14 heavy (non-hydrogen) atoms. The molecule has 5 nitrogen and oxygen atoms in total. The lowest BCUT2D eigenvalue weighted by molar-refractivity contribution is 0.118. The van der Waals surface area contributed by atoms with Gasteiger partial charge in [0.1, 0.15) is 6.61 Å². The Kier molecular flexibility index (Phi) is 6.61. The molecule has 0 aromatic heterocycles. The molecule has 0 aliphatic heterocycles. The van der Waals surface area contributed by atoms with Gasteiger partial charge in [-0.25, -0.2) is 9.63 Å². The van der Waals surface area contributed by atoms with E-state index in [1.165, 1.54) is 0 Å². The Hall–Kier alpha value is -0.520. The predicted octanol–water partition coefficient (Wildman–Crippen LogP) is 0.617. The quantitative estimate of drug-likeness (QED) is 0.579. The fourth-order valence-corrected chi connectivity index (χ4v) is 0.808. The largest absolute Gasteiger partial charge is 0.447 e. The van der Waals surface area contributed by atoms with Crippen LogP contribution in [0.15, 0.2) is 0 Å². The standard InChI is InChI=1S/C8H17ClN2O3/c1-8(2,11-9)3-4-10-7(13)14-6-5-12/h11-12H,3-6H2,1-2H3,(H,10,13). The lowest BCUT2D eigenvalue weighted by Crippen LogP contribution is -2.37. The van der Waals surface area contributed by atoms with Gasteiger partial charge in [0.05, 0.1) is 6.61 Å². The van der Waals surface area contributed by atoms with Crippen molar-refractivity contribution in [2.24, 2.45) is 0 Å². The highest BCUT2D eigenvalue weighted by Crippen LogP contribution is 2.07. The van der Waals surface area contributed by atoms with Crippen molar-refractivity contribution in [3.63, 3.8) is 0 Å². The van der Waals surface area contributed by atoms with Gasteiger partial charge in [-0.3, -0.25) is 0 Å². The Labute approximate surface area is 88.9 Å². The number of carbonyl (C=O) groups is 1. The lowest BCUT2D eigenvalue weighted by Gasteiger charge is -2.21. The summed E-state index contributed by atoms with van der Waals surface area (Å²) < 4.78 is 4.59. The van der Waals surface area contributed by atoms with Gasteiger partial charge in [0.25, 0.3) is 0 Å². The molecule has 0 unspecified atom stereocenters. The number of rotatable bonds is 6. The highest BCUT2D eigenvalue weighted by Gasteiger charge is 2.15. The van der Waals surface area contributed by atoms with E-state index in [2.05, 4.69) is 14.9 Å². The summed E-state index contributed by atoms with van der Waals surface area (Å²) in [6.45, 7) is 4.16. The minimum Gasteiger partial charge on any atom is -0.447 e. The summed E-state index contributed by atoms with van der Waals surface area (Å²) in [5.41, 5.74) is -0.230. The number of aliphatic hydroxyl groups is 1. The SMILES string of the molecule is CC(C)(CCNC(=O)OCCO)NCl. The Bertz CT molecular complexity index is 176. The molecule has 0 rings (SSSR count). The summed E-state index contributed by atoms with van der Waals surface area (Å²) in [5, 5.41) is 10.9. The number of hydrogen-bond acceptors (Lipinski definition) is 4. The molecule has 0 aliphatic carbocycles. The van der Waals surface area contributed by atoms with Crippen molar-refractivity contribution in [1.29, 1.82) is 0 Å². The molecule has 0 aromatic rings. The number of halogens is 1. The first-order valence-electron chi connectivity index (χ1n) is 4.41. The third kappa shape index (κ3) is 6.94. The number of nitrogens with one attached hydrogen (secondary N) is 2. The minimum absolute atomic E-state index is 0.0168. The topological polar surface area (TPSA) is 70.6 Å². The summed E-state index contributed by atoms with van der Waals surface area (Å²) in [7, 11) is 0. The summed E-state index contributed by atoms with van der Waals surface area (Å²) in [6.07, 6.45) is 0.162. The van der Waals surface area contributed by atoms with E-state index in [9.17, 15) is 4.79 Å². The molecule has 3 N–H and O–H groups in total. The Morgan fingerprint density at radius 1 is 1.57 bits per heavy atom. The molecule has 0 aliphatic rings. The molecular formula is C8H17ClN2O3. The van der Waals surface area contributed by atoms with Gasteiger partial charge in [0.15, 0.2) is 0 Å². The van der Waals surface area contributed by atoms with Crippen LogP contribution in [0.1, 0.15) is 20.3 Å². The number of alkyl carbamates (subject to hydrolysis) is 1. The zero-order chi connectivity index (χ0) is 11.0. The van der Waals surface area contributed by atoms with Crippen LogP contribution in [-0.2, 0) is 4.74 Å². The van der Waals surface area contributed by atoms with Crippen LogP contribution in [0.4, 0.5) is 4.79 Å². The number of ether oxygens (including phenoxy) is 1. The maximum Gasteiger partial charge on any atom is 0.407 e. The van der Waals surface area contributed by atoms with Crippen molar-refractivity contribution in [3.8, 4) is 0 Å². The van der Waals surface area contributed by atoms with Gasteiger partial charge in [0, 0.05) is 12.1 Å². The van der Waals surface area contributed by atoms with Crippen LogP contribution < -0.4 is 10.2 Å². The summed E-state index contributed by atoms with van der Waals surface area (Å²) >= 11 is 5.47. The smallest absolute Gasteiger partial charge is 0.407 e. The molecule has 0 saturated heterocycles. The maximum atomic E-state index is 10.9. The molecular weight excluding hydrogens is 208 g/mol. The highest BCUT2D eigenvalue weighted by atomic mass is 35.5. The molecule has 84 valence electrons. The normalized spacial score (nSPS) is 11.1. The van der Waals surface area contributed by atoms with E-state index in [0.29, 0.717) is 13.0 Å². The van der Waals surface area contributed by atoms with Crippen molar-refractivity contribution in [2.75, 3.05) is 19.8 Å². The Morgan fingerprint density at radius 2 is 2.21 bits per heavy atom. The molecule has 0 bridgehead atoms. The molecule has 0 spiro atoms. The first-order chi connectivity index (χ1) is 6.52. The summed E-state index contributed by atoms with van der Waals surface area (Å²) in [4.78, 5) is 13.5. The third-order valence-electron chi connectivity index (χ3n) is 1.60. The van der Waals surface area contributed by atoms with E-state index in [-0.39, 0.29) is 18.8 Å². The third-order valence-corrected chi connectivity index (χ3v) is 2.11. The average Bonchev–Trinajstić information content (AvgIpc) is 2.14. The van der Waals surface area contributed by atoms with Crippen molar-refractivity contribution in [2.45, 2.75) is 25.8 Å². The lowest BCUT2D eigenvalue weighted by atomic mass is 10.0. The van der Waals surface area contributed by atoms with E-state index < -0.39 is 6.09 Å². The van der Waals surface area contributed by atoms with Crippen LogP contribution in [-0.4, -0.2) is 36.5 Å². The zero-order valence-electron chi connectivity index (χ0n) is 8.47. The van der Waals surface area contributed by atoms with Gasteiger partial charge in [0.2, 0.25) is 0 Å². The molecule has 0 saturated carbocycles. The van der Waals surface area contributed by atoms with E-state index in [4.69, 9.17) is 16.9 Å². The Morgan fingerprint density at radius 3 is 2.71 bits per heavy atom. The van der Waals surface area contributed by atoms with Crippen LogP contribution in [0.3, 0.4) is 0 Å². The molecule has 0 radical (unpaired) electrons. The van der Waals surface area contributed by atoms with Crippen LogP contribution in [0.5, 0.6) is 0 Å². The van der Waals surface area contributed by atoms with E-state index in [1.54, 1.807) is 0 Å². The van der Waals surface area contributed by atoms with Crippen LogP contribution in [0.25, 0.3) is 0 Å². The van der Waals surface area contributed by atoms with Crippen LogP contribution in [0.2, 0.25) is 0 Å². The second-order valence-corrected chi connectivity index (χ2v) is 3.70. The number of aliphatic hydroxyl groups excluding tert-OH is 1. The zero-order valence-corrected chi connectivity index (χ0v) is 9.23. The van der Waals surface area contributed by atoms with Gasteiger partial charge in [-0.2, -0.15) is 0 Å². The summed E-state index contributed by atoms with van der Waals surface area (Å²) in [5.74, 6) is 0. The predicted molar refractivity (Wildman–Crippen MR) is 54.1 cm³/mol. The maximum absolute atomic E-state index is 10.9. The van der Waals surface area contributed by atoms with Gasteiger partial charge < -0.3 is 15.2 Å². The van der Waals surface area contributed by atoms with E-state index in [0.717, 1.165) is 0 Å². The van der Waals surface area contributed by atoms with Crippen molar-refractivity contribution >= 4 is 17.9 Å². The van der Waals surface area contributed by atoms with Crippen molar-refractivity contribution in [1.82, 2.24) is 10.2 Å². The number of hydrogen-bond donors (Lipinski definition) is 3. The van der Waals surface area contributed by atoms with Crippen molar-refractivity contribution < 1.29 is 14.6 Å². The highest BCUT2D eigenvalue weighted by molar-refractivity contribution is 6.13. The summed E-state index contributed by atoms with van der Waals surface area (Å²) in [6, 6.07) is 0. The first kappa shape index (κ1) is 13.5. The minimum atomic E-state index is -0.524. The monoisotopic (exact) mass is 224 g/mol. The number of carbonyl (C=O) groups excluding carboxylic acids is 1. The molecule has 0 atom stereocenters.